The molecule has 2 aromatic rings. The standard InChI is InChI=1S/C17H17FN2O3S/c18-14-7-4-8-15(11-14)20-17(22)16(21)19-9-10-24(23)12-13-5-2-1-3-6-13/h1-8,11H,9-10,12H2,(H,19,21)(H,20,22). The first kappa shape index (κ1) is 17.8. The lowest BCUT2D eigenvalue weighted by atomic mass is 10.2. The first-order valence-electron chi connectivity index (χ1n) is 7.28. The van der Waals surface area contributed by atoms with Gasteiger partial charge in [0.15, 0.2) is 0 Å². The summed E-state index contributed by atoms with van der Waals surface area (Å²) >= 11 is 0. The number of carbonyl (C=O) groups is 2. The molecule has 7 heteroatoms. The Hall–Kier alpha value is -2.54. The topological polar surface area (TPSA) is 75.3 Å². The van der Waals surface area contributed by atoms with Crippen molar-refractivity contribution in [1.29, 1.82) is 0 Å². The third-order valence-electron chi connectivity index (χ3n) is 3.07. The van der Waals surface area contributed by atoms with Gasteiger partial charge in [-0.2, -0.15) is 0 Å². The second kappa shape index (κ2) is 8.93. The van der Waals surface area contributed by atoms with E-state index in [1.807, 2.05) is 30.3 Å². The lowest BCUT2D eigenvalue weighted by Gasteiger charge is -2.07. The fraction of sp³-hybridized carbons (Fsp3) is 0.176. The number of halogens is 1. The van der Waals surface area contributed by atoms with Crippen LogP contribution in [-0.2, 0) is 26.1 Å². The Labute approximate surface area is 141 Å². The predicted molar refractivity (Wildman–Crippen MR) is 91.2 cm³/mol. The van der Waals surface area contributed by atoms with Crippen molar-refractivity contribution >= 4 is 28.3 Å². The van der Waals surface area contributed by atoms with Gasteiger partial charge in [-0.05, 0) is 23.8 Å². The van der Waals surface area contributed by atoms with Crippen LogP contribution in [0.5, 0.6) is 0 Å². The van der Waals surface area contributed by atoms with Crippen molar-refractivity contribution < 1.29 is 18.2 Å². The van der Waals surface area contributed by atoms with Crippen LogP contribution in [0, 0.1) is 5.82 Å². The van der Waals surface area contributed by atoms with Gasteiger partial charge in [0, 0.05) is 34.5 Å². The fourth-order valence-corrected chi connectivity index (χ4v) is 2.98. The summed E-state index contributed by atoms with van der Waals surface area (Å²) in [6, 6.07) is 14.6. The molecule has 1 unspecified atom stereocenters. The molecule has 1 atom stereocenters. The molecule has 0 aliphatic rings. The van der Waals surface area contributed by atoms with Gasteiger partial charge >= 0.3 is 11.8 Å². The smallest absolute Gasteiger partial charge is 0.313 e. The highest BCUT2D eigenvalue weighted by Crippen LogP contribution is 2.08. The molecule has 0 spiro atoms. The summed E-state index contributed by atoms with van der Waals surface area (Å²) in [6.07, 6.45) is 0. The van der Waals surface area contributed by atoms with E-state index in [-0.39, 0.29) is 18.0 Å². The fourth-order valence-electron chi connectivity index (χ4n) is 1.95. The van der Waals surface area contributed by atoms with Crippen molar-refractivity contribution in [2.45, 2.75) is 5.75 Å². The van der Waals surface area contributed by atoms with Crippen molar-refractivity contribution in [1.82, 2.24) is 5.32 Å². The number of rotatable bonds is 6. The largest absolute Gasteiger partial charge is 0.347 e. The second-order valence-corrected chi connectivity index (χ2v) is 6.57. The molecule has 2 amide bonds. The van der Waals surface area contributed by atoms with Crippen LogP contribution >= 0.6 is 0 Å². The predicted octanol–water partition coefficient (Wildman–Crippen LogP) is 1.83. The van der Waals surface area contributed by atoms with Crippen LogP contribution in [0.2, 0.25) is 0 Å². The summed E-state index contributed by atoms with van der Waals surface area (Å²) in [5.74, 6) is -1.62. The molecule has 2 N–H and O–H groups in total. The van der Waals surface area contributed by atoms with E-state index in [2.05, 4.69) is 10.6 Å². The van der Waals surface area contributed by atoms with E-state index in [1.54, 1.807) is 0 Å². The molecule has 24 heavy (non-hydrogen) atoms. The quantitative estimate of drug-likeness (QED) is 0.782. The summed E-state index contributed by atoms with van der Waals surface area (Å²) in [6.45, 7) is 0.120. The van der Waals surface area contributed by atoms with E-state index in [0.29, 0.717) is 5.75 Å². The molecular formula is C17H17FN2O3S. The van der Waals surface area contributed by atoms with Crippen molar-refractivity contribution in [3.05, 3.63) is 66.0 Å². The van der Waals surface area contributed by atoms with Gasteiger partial charge in [-0.25, -0.2) is 4.39 Å². The Morgan fingerprint density at radius 3 is 2.46 bits per heavy atom. The van der Waals surface area contributed by atoms with Gasteiger partial charge in [-0.3, -0.25) is 13.8 Å². The number of hydrogen-bond acceptors (Lipinski definition) is 3. The van der Waals surface area contributed by atoms with Gasteiger partial charge < -0.3 is 10.6 Å². The Morgan fingerprint density at radius 2 is 1.75 bits per heavy atom. The minimum absolute atomic E-state index is 0.120. The lowest BCUT2D eigenvalue weighted by Crippen LogP contribution is -2.37. The van der Waals surface area contributed by atoms with Gasteiger partial charge in [0.2, 0.25) is 0 Å². The average Bonchev–Trinajstić information content (AvgIpc) is 2.55. The van der Waals surface area contributed by atoms with Crippen molar-refractivity contribution in [2.24, 2.45) is 0 Å². The van der Waals surface area contributed by atoms with E-state index in [1.165, 1.54) is 18.2 Å². The van der Waals surface area contributed by atoms with Crippen LogP contribution in [0.25, 0.3) is 0 Å². The maximum Gasteiger partial charge on any atom is 0.313 e. The SMILES string of the molecule is O=C(NCCS(=O)Cc1ccccc1)C(=O)Nc1cccc(F)c1. The molecule has 0 saturated carbocycles. The first-order chi connectivity index (χ1) is 11.5. The van der Waals surface area contributed by atoms with E-state index < -0.39 is 28.4 Å². The highest BCUT2D eigenvalue weighted by Gasteiger charge is 2.13. The van der Waals surface area contributed by atoms with E-state index in [9.17, 15) is 18.2 Å². The van der Waals surface area contributed by atoms with Crippen LogP contribution in [0.15, 0.2) is 54.6 Å². The monoisotopic (exact) mass is 348 g/mol. The average molecular weight is 348 g/mol. The minimum atomic E-state index is -1.14. The molecule has 0 bridgehead atoms. The summed E-state index contributed by atoms with van der Waals surface area (Å²) < 4.78 is 24.9. The van der Waals surface area contributed by atoms with Crippen LogP contribution in [0.3, 0.4) is 0 Å². The molecule has 0 aliphatic carbocycles. The van der Waals surface area contributed by atoms with Crippen LogP contribution in [-0.4, -0.2) is 28.3 Å². The van der Waals surface area contributed by atoms with Crippen LogP contribution in [0.4, 0.5) is 10.1 Å². The Balaban J connectivity index is 1.72. The van der Waals surface area contributed by atoms with Gasteiger partial charge in [0.25, 0.3) is 0 Å². The van der Waals surface area contributed by atoms with Gasteiger partial charge in [0.1, 0.15) is 5.82 Å². The Bertz CT molecular complexity index is 738. The highest BCUT2D eigenvalue weighted by atomic mass is 32.2. The second-order valence-electron chi connectivity index (χ2n) is 4.99. The van der Waals surface area contributed by atoms with Crippen molar-refractivity contribution in [3.63, 3.8) is 0 Å². The van der Waals surface area contributed by atoms with Crippen molar-refractivity contribution in [2.75, 3.05) is 17.6 Å². The van der Waals surface area contributed by atoms with Gasteiger partial charge in [0.05, 0.1) is 0 Å². The Kier molecular flexibility index (Phi) is 6.62. The normalized spacial score (nSPS) is 11.5. The zero-order valence-corrected chi connectivity index (χ0v) is 13.6. The van der Waals surface area contributed by atoms with Gasteiger partial charge in [-0.1, -0.05) is 36.4 Å². The first-order valence-corrected chi connectivity index (χ1v) is 8.77. The number of hydrogen-bond donors (Lipinski definition) is 2. The number of nitrogens with one attached hydrogen (secondary N) is 2. The number of amides is 2. The summed E-state index contributed by atoms with van der Waals surface area (Å²) in [5.41, 5.74) is 1.15. The molecule has 2 aromatic carbocycles. The van der Waals surface area contributed by atoms with Crippen molar-refractivity contribution in [3.8, 4) is 0 Å². The highest BCUT2D eigenvalue weighted by molar-refractivity contribution is 7.84. The third kappa shape index (κ3) is 5.92. The molecule has 0 aliphatic heterocycles. The molecule has 2 rings (SSSR count). The van der Waals surface area contributed by atoms with Gasteiger partial charge in [-0.15, -0.1) is 0 Å². The van der Waals surface area contributed by atoms with Crippen LogP contribution in [0.1, 0.15) is 5.56 Å². The molecule has 0 radical (unpaired) electrons. The molecule has 126 valence electrons. The Morgan fingerprint density at radius 1 is 1.00 bits per heavy atom. The summed E-state index contributed by atoms with van der Waals surface area (Å²) in [5, 5.41) is 4.69. The molecule has 0 heterocycles. The third-order valence-corrected chi connectivity index (χ3v) is 4.39. The molecule has 0 fully saturated rings. The molecular weight excluding hydrogens is 331 g/mol. The lowest BCUT2D eigenvalue weighted by molar-refractivity contribution is -0.136. The zero-order chi connectivity index (χ0) is 17.4. The van der Waals surface area contributed by atoms with E-state index in [0.717, 1.165) is 11.6 Å². The number of carbonyl (C=O) groups excluding carboxylic acids is 2. The maximum absolute atomic E-state index is 13.0. The molecule has 0 saturated heterocycles. The van der Waals surface area contributed by atoms with Crippen LogP contribution < -0.4 is 10.6 Å². The molecule has 0 aromatic heterocycles. The number of anilines is 1. The summed E-state index contributed by atoms with van der Waals surface area (Å²) in [7, 11) is -1.14. The molecule has 5 nitrogen and oxygen atoms in total. The maximum atomic E-state index is 13.0. The zero-order valence-electron chi connectivity index (χ0n) is 12.8. The van der Waals surface area contributed by atoms with E-state index >= 15 is 0 Å². The minimum Gasteiger partial charge on any atom is -0.347 e. The number of benzene rings is 2. The summed E-state index contributed by atoms with van der Waals surface area (Å²) in [4.78, 5) is 23.3. The van der Waals surface area contributed by atoms with E-state index in [4.69, 9.17) is 0 Å².